The van der Waals surface area contributed by atoms with Gasteiger partial charge in [-0.2, -0.15) is 0 Å². The summed E-state index contributed by atoms with van der Waals surface area (Å²) in [7, 11) is 1.95. The van der Waals surface area contributed by atoms with E-state index in [0.29, 0.717) is 5.56 Å². The van der Waals surface area contributed by atoms with Gasteiger partial charge in [0.1, 0.15) is 0 Å². The van der Waals surface area contributed by atoms with Gasteiger partial charge < -0.3 is 10.3 Å². The van der Waals surface area contributed by atoms with Gasteiger partial charge in [-0.3, -0.25) is 4.79 Å². The highest BCUT2D eigenvalue weighted by molar-refractivity contribution is 5.95. The predicted octanol–water partition coefficient (Wildman–Crippen LogP) is 2.41. The summed E-state index contributed by atoms with van der Waals surface area (Å²) in [5.74, 6) is -0.377. The molecule has 0 atom stereocenters. The van der Waals surface area contributed by atoms with Crippen LogP contribution < -0.4 is 5.73 Å². The molecule has 2 rings (SSSR count). The van der Waals surface area contributed by atoms with Crippen LogP contribution in [0.4, 0.5) is 0 Å². The number of aromatic nitrogens is 1. The molecule has 3 heteroatoms. The highest BCUT2D eigenvalue weighted by Gasteiger charge is 2.14. The lowest BCUT2D eigenvalue weighted by molar-refractivity contribution is 0.0999. The zero-order valence-electron chi connectivity index (χ0n) is 10.3. The minimum Gasteiger partial charge on any atom is -0.366 e. The number of carbonyl (C=O) groups is 1. The molecule has 88 valence electrons. The van der Waals surface area contributed by atoms with Crippen molar-refractivity contribution in [2.75, 3.05) is 0 Å². The molecule has 2 aromatic rings. The molecule has 0 saturated heterocycles. The molecule has 0 unspecified atom stereocenters. The lowest BCUT2D eigenvalue weighted by Crippen LogP contribution is -2.11. The Morgan fingerprint density at radius 2 is 1.88 bits per heavy atom. The van der Waals surface area contributed by atoms with Gasteiger partial charge in [0.2, 0.25) is 0 Å². The summed E-state index contributed by atoms with van der Waals surface area (Å²) >= 11 is 0. The number of amides is 1. The third-order valence-corrected chi connectivity index (χ3v) is 3.22. The maximum absolute atomic E-state index is 11.3. The SMILES string of the molecule is Cc1ccccc1-c1cc(C(N)=O)c(C)n1C. The van der Waals surface area contributed by atoms with Gasteiger partial charge in [-0.05, 0) is 25.5 Å². The smallest absolute Gasteiger partial charge is 0.250 e. The van der Waals surface area contributed by atoms with E-state index < -0.39 is 0 Å². The van der Waals surface area contributed by atoms with E-state index in [1.807, 2.05) is 36.7 Å². The minimum atomic E-state index is -0.377. The molecule has 0 aliphatic heterocycles. The first-order valence-corrected chi connectivity index (χ1v) is 5.54. The molecule has 2 N–H and O–H groups in total. The number of primary amides is 1. The van der Waals surface area contributed by atoms with E-state index in [9.17, 15) is 4.79 Å². The standard InChI is InChI=1S/C14H16N2O/c1-9-6-4-5-7-11(9)13-8-12(14(15)17)10(2)16(13)3/h4-8H,1-3H3,(H2,15,17). The summed E-state index contributed by atoms with van der Waals surface area (Å²) in [6.07, 6.45) is 0. The predicted molar refractivity (Wildman–Crippen MR) is 68.8 cm³/mol. The number of hydrogen-bond acceptors (Lipinski definition) is 1. The van der Waals surface area contributed by atoms with Crippen molar-refractivity contribution in [1.82, 2.24) is 4.57 Å². The largest absolute Gasteiger partial charge is 0.366 e. The van der Waals surface area contributed by atoms with Gasteiger partial charge in [-0.1, -0.05) is 24.3 Å². The first kappa shape index (κ1) is 11.5. The summed E-state index contributed by atoms with van der Waals surface area (Å²) in [6.45, 7) is 3.96. The fourth-order valence-electron chi connectivity index (χ4n) is 2.07. The van der Waals surface area contributed by atoms with Crippen LogP contribution in [0.2, 0.25) is 0 Å². The number of nitrogens with zero attached hydrogens (tertiary/aromatic N) is 1. The fourth-order valence-corrected chi connectivity index (χ4v) is 2.07. The van der Waals surface area contributed by atoms with E-state index in [2.05, 4.69) is 19.1 Å². The van der Waals surface area contributed by atoms with E-state index in [0.717, 1.165) is 17.0 Å². The summed E-state index contributed by atoms with van der Waals surface area (Å²) in [6, 6.07) is 9.97. The highest BCUT2D eigenvalue weighted by Crippen LogP contribution is 2.27. The van der Waals surface area contributed by atoms with Crippen molar-refractivity contribution in [3.8, 4) is 11.3 Å². The van der Waals surface area contributed by atoms with E-state index in [-0.39, 0.29) is 5.91 Å². The lowest BCUT2D eigenvalue weighted by Gasteiger charge is -2.07. The third-order valence-electron chi connectivity index (χ3n) is 3.22. The van der Waals surface area contributed by atoms with Crippen molar-refractivity contribution in [2.45, 2.75) is 13.8 Å². The van der Waals surface area contributed by atoms with Gasteiger partial charge in [0.05, 0.1) is 5.56 Å². The molecule has 3 nitrogen and oxygen atoms in total. The average molecular weight is 228 g/mol. The minimum absolute atomic E-state index is 0.377. The van der Waals surface area contributed by atoms with Gasteiger partial charge in [0, 0.05) is 24.0 Å². The van der Waals surface area contributed by atoms with Gasteiger partial charge >= 0.3 is 0 Å². The molecule has 0 aliphatic rings. The van der Waals surface area contributed by atoms with Crippen LogP contribution in [0.25, 0.3) is 11.3 Å². The number of hydrogen-bond donors (Lipinski definition) is 1. The molecule has 1 aromatic heterocycles. The number of carbonyl (C=O) groups excluding carboxylic acids is 1. The van der Waals surface area contributed by atoms with Crippen molar-refractivity contribution in [1.29, 1.82) is 0 Å². The highest BCUT2D eigenvalue weighted by atomic mass is 16.1. The second-order valence-corrected chi connectivity index (χ2v) is 4.27. The molecule has 0 bridgehead atoms. The van der Waals surface area contributed by atoms with Gasteiger partial charge in [0.25, 0.3) is 5.91 Å². The van der Waals surface area contributed by atoms with Crippen LogP contribution in [0.5, 0.6) is 0 Å². The van der Waals surface area contributed by atoms with Crippen molar-refractivity contribution >= 4 is 5.91 Å². The van der Waals surface area contributed by atoms with Crippen LogP contribution >= 0.6 is 0 Å². The zero-order valence-corrected chi connectivity index (χ0v) is 10.3. The Kier molecular flexibility index (Phi) is 2.76. The van der Waals surface area contributed by atoms with Crippen LogP contribution in [0.3, 0.4) is 0 Å². The quantitative estimate of drug-likeness (QED) is 0.843. The van der Waals surface area contributed by atoms with Crippen LogP contribution in [-0.4, -0.2) is 10.5 Å². The molecular formula is C14H16N2O. The first-order valence-electron chi connectivity index (χ1n) is 5.54. The zero-order chi connectivity index (χ0) is 12.6. The van der Waals surface area contributed by atoms with Crippen LogP contribution in [0.1, 0.15) is 21.6 Å². The van der Waals surface area contributed by atoms with Crippen LogP contribution in [-0.2, 0) is 7.05 Å². The Hall–Kier alpha value is -2.03. The van der Waals surface area contributed by atoms with Crippen LogP contribution in [0, 0.1) is 13.8 Å². The lowest BCUT2D eigenvalue weighted by atomic mass is 10.1. The molecule has 0 radical (unpaired) electrons. The average Bonchev–Trinajstić information content (AvgIpc) is 2.57. The maximum atomic E-state index is 11.3. The Balaban J connectivity index is 2.66. The normalized spacial score (nSPS) is 10.5. The molecule has 1 heterocycles. The molecule has 0 fully saturated rings. The molecule has 0 spiro atoms. The Morgan fingerprint density at radius 3 is 2.41 bits per heavy atom. The molecule has 0 aliphatic carbocycles. The Labute approximate surface area is 101 Å². The topological polar surface area (TPSA) is 48.0 Å². The number of benzene rings is 1. The summed E-state index contributed by atoms with van der Waals surface area (Å²) in [5, 5.41) is 0. The van der Waals surface area contributed by atoms with Crippen molar-refractivity contribution in [3.63, 3.8) is 0 Å². The number of rotatable bonds is 2. The second-order valence-electron chi connectivity index (χ2n) is 4.27. The fraction of sp³-hybridized carbons (Fsp3) is 0.214. The van der Waals surface area contributed by atoms with Gasteiger partial charge in [-0.15, -0.1) is 0 Å². The number of aryl methyl sites for hydroxylation is 1. The monoisotopic (exact) mass is 228 g/mol. The molecule has 1 amide bonds. The summed E-state index contributed by atoms with van der Waals surface area (Å²) in [5.41, 5.74) is 10.2. The molecule has 1 aromatic carbocycles. The maximum Gasteiger partial charge on any atom is 0.250 e. The van der Waals surface area contributed by atoms with Gasteiger partial charge in [0.15, 0.2) is 0 Å². The molecule has 0 saturated carbocycles. The Bertz CT molecular complexity index is 582. The van der Waals surface area contributed by atoms with Gasteiger partial charge in [-0.25, -0.2) is 0 Å². The third kappa shape index (κ3) is 1.84. The summed E-state index contributed by atoms with van der Waals surface area (Å²) < 4.78 is 2.00. The molecular weight excluding hydrogens is 212 g/mol. The Morgan fingerprint density at radius 1 is 1.24 bits per heavy atom. The van der Waals surface area contributed by atoms with E-state index >= 15 is 0 Å². The second kappa shape index (κ2) is 4.09. The molecule has 17 heavy (non-hydrogen) atoms. The van der Waals surface area contributed by atoms with E-state index in [1.165, 1.54) is 5.56 Å². The van der Waals surface area contributed by atoms with Crippen molar-refractivity contribution in [2.24, 2.45) is 12.8 Å². The van der Waals surface area contributed by atoms with Crippen molar-refractivity contribution < 1.29 is 4.79 Å². The van der Waals surface area contributed by atoms with E-state index in [4.69, 9.17) is 5.73 Å². The van der Waals surface area contributed by atoms with Crippen LogP contribution in [0.15, 0.2) is 30.3 Å². The summed E-state index contributed by atoms with van der Waals surface area (Å²) in [4.78, 5) is 11.3. The first-order chi connectivity index (χ1) is 8.02. The number of nitrogens with two attached hydrogens (primary N) is 1. The van der Waals surface area contributed by atoms with Crippen molar-refractivity contribution in [3.05, 3.63) is 47.2 Å². The van der Waals surface area contributed by atoms with E-state index in [1.54, 1.807) is 0 Å².